The zero-order valence-electron chi connectivity index (χ0n) is 11.1. The number of nitrogens with one attached hydrogen (secondary N) is 1. The van der Waals surface area contributed by atoms with Gasteiger partial charge >= 0.3 is 0 Å². The smallest absolute Gasteiger partial charge is 0.131 e. The molecule has 2 unspecified atom stereocenters. The fraction of sp³-hybridized carbons (Fsp3) is 0.600. The number of hydrogen-bond donors (Lipinski definition) is 2. The lowest BCUT2D eigenvalue weighted by Crippen LogP contribution is -2.31. The molecule has 1 aliphatic rings. The molecule has 3 heteroatoms. The van der Waals surface area contributed by atoms with Crippen LogP contribution in [0.2, 0.25) is 0 Å². The maximum Gasteiger partial charge on any atom is 0.131 e. The number of halogens is 1. The fourth-order valence-electron chi connectivity index (χ4n) is 2.42. The van der Waals surface area contributed by atoms with Crippen LogP contribution in [0, 0.1) is 11.7 Å². The van der Waals surface area contributed by atoms with Crippen molar-refractivity contribution in [3.63, 3.8) is 0 Å². The van der Waals surface area contributed by atoms with Gasteiger partial charge in [0.2, 0.25) is 0 Å². The molecule has 0 spiro atoms. The average molecular weight is 251 g/mol. The highest BCUT2D eigenvalue weighted by molar-refractivity contribution is 5.29. The van der Waals surface area contributed by atoms with Gasteiger partial charge in [0.25, 0.3) is 0 Å². The van der Waals surface area contributed by atoms with Crippen molar-refractivity contribution in [1.29, 1.82) is 0 Å². The Balaban J connectivity index is 1.98. The maximum absolute atomic E-state index is 13.7. The van der Waals surface area contributed by atoms with Crippen LogP contribution < -0.4 is 5.32 Å². The summed E-state index contributed by atoms with van der Waals surface area (Å²) in [5.41, 5.74) is 0.627. The largest absolute Gasteiger partial charge is 0.508 e. The Bertz CT molecular complexity index is 403. The first-order chi connectivity index (χ1) is 8.60. The Morgan fingerprint density at radius 3 is 2.72 bits per heavy atom. The lowest BCUT2D eigenvalue weighted by Gasteiger charge is -2.23. The standard InChI is InChI=1S/C15H22FNO/c1-3-12(8-11-4-5-11)17-10(2)14-7-6-13(18)9-15(14)16/h6-7,9-12,17-18H,3-5,8H2,1-2H3. The van der Waals surface area contributed by atoms with Gasteiger partial charge in [-0.2, -0.15) is 0 Å². The van der Waals surface area contributed by atoms with Gasteiger partial charge in [-0.15, -0.1) is 0 Å². The highest BCUT2D eigenvalue weighted by Gasteiger charge is 2.25. The number of benzene rings is 1. The summed E-state index contributed by atoms with van der Waals surface area (Å²) >= 11 is 0. The van der Waals surface area contributed by atoms with Gasteiger partial charge < -0.3 is 10.4 Å². The van der Waals surface area contributed by atoms with Gasteiger partial charge in [-0.1, -0.05) is 25.8 Å². The topological polar surface area (TPSA) is 32.3 Å². The van der Waals surface area contributed by atoms with Gasteiger partial charge in [0.05, 0.1) is 0 Å². The van der Waals surface area contributed by atoms with E-state index >= 15 is 0 Å². The summed E-state index contributed by atoms with van der Waals surface area (Å²) in [6.45, 7) is 4.14. The summed E-state index contributed by atoms with van der Waals surface area (Å²) in [7, 11) is 0. The van der Waals surface area contributed by atoms with Crippen LogP contribution in [0.1, 0.15) is 51.1 Å². The molecule has 1 aliphatic carbocycles. The molecule has 100 valence electrons. The molecular formula is C15H22FNO. The van der Waals surface area contributed by atoms with E-state index in [1.165, 1.54) is 25.3 Å². The van der Waals surface area contributed by atoms with E-state index in [1.807, 2.05) is 6.92 Å². The molecule has 2 rings (SSSR count). The van der Waals surface area contributed by atoms with Crippen LogP contribution in [0.15, 0.2) is 18.2 Å². The van der Waals surface area contributed by atoms with Crippen LogP contribution in [-0.2, 0) is 0 Å². The first kappa shape index (κ1) is 13.3. The first-order valence-electron chi connectivity index (χ1n) is 6.84. The molecule has 2 N–H and O–H groups in total. The van der Waals surface area contributed by atoms with E-state index < -0.39 is 0 Å². The monoisotopic (exact) mass is 251 g/mol. The molecule has 18 heavy (non-hydrogen) atoms. The Kier molecular flexibility index (Phi) is 4.23. The fourth-order valence-corrected chi connectivity index (χ4v) is 2.42. The third-order valence-electron chi connectivity index (χ3n) is 3.74. The minimum Gasteiger partial charge on any atom is -0.508 e. The van der Waals surface area contributed by atoms with Crippen LogP contribution in [0.5, 0.6) is 5.75 Å². The Morgan fingerprint density at radius 1 is 1.44 bits per heavy atom. The van der Waals surface area contributed by atoms with Crippen LogP contribution in [0.25, 0.3) is 0 Å². The van der Waals surface area contributed by atoms with Crippen molar-refractivity contribution >= 4 is 0 Å². The molecule has 1 aromatic carbocycles. The molecule has 0 saturated heterocycles. The average Bonchev–Trinajstić information content (AvgIpc) is 3.11. The summed E-state index contributed by atoms with van der Waals surface area (Å²) in [5.74, 6) is 0.518. The second kappa shape index (κ2) is 5.70. The van der Waals surface area contributed by atoms with E-state index in [4.69, 9.17) is 0 Å². The zero-order chi connectivity index (χ0) is 13.1. The molecule has 2 atom stereocenters. The minimum atomic E-state index is -0.337. The number of rotatable bonds is 6. The number of phenols is 1. The molecule has 1 aromatic rings. The normalized spacial score (nSPS) is 18.6. The number of aromatic hydroxyl groups is 1. The lowest BCUT2D eigenvalue weighted by molar-refractivity contribution is 0.395. The third-order valence-corrected chi connectivity index (χ3v) is 3.74. The predicted octanol–water partition coefficient (Wildman–Crippen LogP) is 3.76. The Labute approximate surface area is 108 Å². The van der Waals surface area contributed by atoms with Crippen LogP contribution in [0.4, 0.5) is 4.39 Å². The van der Waals surface area contributed by atoms with Crippen molar-refractivity contribution in [2.75, 3.05) is 0 Å². The van der Waals surface area contributed by atoms with Crippen molar-refractivity contribution in [2.24, 2.45) is 5.92 Å². The first-order valence-corrected chi connectivity index (χ1v) is 6.84. The molecule has 0 aromatic heterocycles. The van der Waals surface area contributed by atoms with E-state index in [1.54, 1.807) is 12.1 Å². The van der Waals surface area contributed by atoms with Crippen molar-refractivity contribution in [2.45, 2.75) is 51.6 Å². The number of phenolic OH excluding ortho intramolecular Hbond substituents is 1. The van der Waals surface area contributed by atoms with Crippen molar-refractivity contribution in [1.82, 2.24) is 5.32 Å². The SMILES string of the molecule is CCC(CC1CC1)NC(C)c1ccc(O)cc1F. The molecule has 2 nitrogen and oxygen atoms in total. The Hall–Kier alpha value is -1.09. The molecule has 0 radical (unpaired) electrons. The molecule has 0 aliphatic heterocycles. The minimum absolute atomic E-state index is 0.0192. The molecular weight excluding hydrogens is 229 g/mol. The molecule has 0 heterocycles. The number of hydrogen-bond acceptors (Lipinski definition) is 2. The van der Waals surface area contributed by atoms with Crippen molar-refractivity contribution < 1.29 is 9.50 Å². The van der Waals surface area contributed by atoms with E-state index in [2.05, 4.69) is 12.2 Å². The second-order valence-electron chi connectivity index (χ2n) is 5.38. The van der Waals surface area contributed by atoms with Crippen molar-refractivity contribution in [3.05, 3.63) is 29.6 Å². The molecule has 1 saturated carbocycles. The van der Waals surface area contributed by atoms with Gasteiger partial charge in [-0.05, 0) is 31.7 Å². The van der Waals surface area contributed by atoms with E-state index in [-0.39, 0.29) is 17.6 Å². The van der Waals surface area contributed by atoms with Gasteiger partial charge in [0.15, 0.2) is 0 Å². The van der Waals surface area contributed by atoms with Gasteiger partial charge in [-0.25, -0.2) is 4.39 Å². The molecule has 0 amide bonds. The van der Waals surface area contributed by atoms with Gasteiger partial charge in [-0.3, -0.25) is 0 Å². The highest BCUT2D eigenvalue weighted by Crippen LogP contribution is 2.34. The van der Waals surface area contributed by atoms with Gasteiger partial charge in [0.1, 0.15) is 11.6 Å². The summed E-state index contributed by atoms with van der Waals surface area (Å²) in [6.07, 6.45) is 4.96. The Morgan fingerprint density at radius 2 is 2.17 bits per heavy atom. The van der Waals surface area contributed by atoms with Crippen LogP contribution in [-0.4, -0.2) is 11.1 Å². The highest BCUT2D eigenvalue weighted by atomic mass is 19.1. The molecule has 0 bridgehead atoms. The van der Waals surface area contributed by atoms with E-state index in [9.17, 15) is 9.50 Å². The summed E-state index contributed by atoms with van der Waals surface area (Å²) in [5, 5.41) is 12.7. The molecule has 1 fully saturated rings. The van der Waals surface area contributed by atoms with E-state index in [0.29, 0.717) is 11.6 Å². The zero-order valence-corrected chi connectivity index (χ0v) is 11.1. The lowest BCUT2D eigenvalue weighted by atomic mass is 10.0. The van der Waals surface area contributed by atoms with Crippen LogP contribution >= 0.6 is 0 Å². The summed E-state index contributed by atoms with van der Waals surface area (Å²) < 4.78 is 13.7. The third kappa shape index (κ3) is 3.45. The van der Waals surface area contributed by atoms with Crippen LogP contribution in [0.3, 0.4) is 0 Å². The summed E-state index contributed by atoms with van der Waals surface area (Å²) in [4.78, 5) is 0. The maximum atomic E-state index is 13.7. The van der Waals surface area contributed by atoms with Gasteiger partial charge in [0, 0.05) is 23.7 Å². The second-order valence-corrected chi connectivity index (χ2v) is 5.38. The quantitative estimate of drug-likeness (QED) is 0.806. The predicted molar refractivity (Wildman–Crippen MR) is 71.0 cm³/mol. The van der Waals surface area contributed by atoms with E-state index in [0.717, 1.165) is 12.3 Å². The van der Waals surface area contributed by atoms with Crippen molar-refractivity contribution in [3.8, 4) is 5.75 Å². The summed E-state index contributed by atoms with van der Waals surface area (Å²) in [6, 6.07) is 4.81.